The van der Waals surface area contributed by atoms with Crippen LogP contribution in [0, 0.1) is 0 Å². The third-order valence-corrected chi connectivity index (χ3v) is 2.44. The number of carboxylic acids is 2. The van der Waals surface area contributed by atoms with Crippen LogP contribution in [0.2, 0.25) is 0 Å². The predicted molar refractivity (Wildman–Crippen MR) is 54.4 cm³/mol. The fourth-order valence-corrected chi connectivity index (χ4v) is 1.72. The van der Waals surface area contributed by atoms with Gasteiger partial charge in [-0.1, -0.05) is 13.3 Å². The number of benzene rings is 1. The van der Waals surface area contributed by atoms with Gasteiger partial charge in [0, 0.05) is 0 Å². The molecule has 1 aromatic rings. The summed E-state index contributed by atoms with van der Waals surface area (Å²) >= 11 is 0. The lowest BCUT2D eigenvalue weighted by atomic mass is 10.0. The number of aromatic carboxylic acids is 2. The number of carbonyl (C=O) groups is 2. The molecule has 1 aromatic carbocycles. The molecule has 0 saturated heterocycles. The molecular weight excluding hydrogens is 212 g/mol. The van der Waals surface area contributed by atoms with Crippen molar-refractivity contribution in [2.75, 3.05) is 0 Å². The van der Waals surface area contributed by atoms with Crippen molar-refractivity contribution in [1.82, 2.24) is 0 Å². The van der Waals surface area contributed by atoms with Crippen molar-refractivity contribution in [3.63, 3.8) is 0 Å². The Morgan fingerprint density at radius 2 is 1.94 bits per heavy atom. The molecule has 1 heterocycles. The Hall–Kier alpha value is -2.04. The number of hydrogen-bond acceptors (Lipinski definition) is 3. The monoisotopic (exact) mass is 222 g/mol. The summed E-state index contributed by atoms with van der Waals surface area (Å²) in [5.41, 5.74) is 0.314. The van der Waals surface area contributed by atoms with Crippen molar-refractivity contribution in [3.8, 4) is 11.5 Å². The van der Waals surface area contributed by atoms with Crippen molar-refractivity contribution in [3.05, 3.63) is 22.8 Å². The van der Waals surface area contributed by atoms with E-state index in [9.17, 15) is 9.59 Å². The van der Waals surface area contributed by atoms with E-state index in [2.05, 4.69) is 0 Å². The van der Waals surface area contributed by atoms with Crippen LogP contribution in [-0.2, 0) is 6.42 Å². The normalized spacial score (nSPS) is 11.6. The van der Waals surface area contributed by atoms with E-state index < -0.39 is 11.9 Å². The Labute approximate surface area is 91.3 Å². The van der Waals surface area contributed by atoms with Gasteiger partial charge in [0.25, 0.3) is 0 Å². The summed E-state index contributed by atoms with van der Waals surface area (Å²) in [7, 11) is 0. The van der Waals surface area contributed by atoms with Crippen molar-refractivity contribution in [2.24, 2.45) is 0 Å². The van der Waals surface area contributed by atoms with Gasteiger partial charge in [0.15, 0.2) is 11.5 Å². The first-order valence-electron chi connectivity index (χ1n) is 4.90. The topological polar surface area (TPSA) is 87.1 Å². The Morgan fingerprint density at radius 1 is 1.25 bits per heavy atom. The van der Waals surface area contributed by atoms with E-state index in [4.69, 9.17) is 14.9 Å². The molecule has 0 saturated carbocycles. The lowest BCUT2D eigenvalue weighted by Gasteiger charge is -2.00. The van der Waals surface area contributed by atoms with E-state index in [1.807, 2.05) is 6.92 Å². The summed E-state index contributed by atoms with van der Waals surface area (Å²) in [6.07, 6.45) is 1.53. The smallest absolute Gasteiger partial charge is 0.340 e. The first kappa shape index (κ1) is 10.5. The van der Waals surface area contributed by atoms with E-state index >= 15 is 0 Å². The minimum atomic E-state index is -1.27. The molecule has 0 radical (unpaired) electrons. The highest BCUT2D eigenvalue weighted by molar-refractivity contribution is 6.06. The number of rotatable bonds is 4. The average molecular weight is 222 g/mol. The first-order valence-corrected chi connectivity index (χ1v) is 4.90. The van der Waals surface area contributed by atoms with Crippen LogP contribution in [0.1, 0.15) is 39.6 Å². The molecule has 0 amide bonds. The predicted octanol–water partition coefficient (Wildman–Crippen LogP) is 2.14. The second-order valence-electron chi connectivity index (χ2n) is 3.58. The highest BCUT2D eigenvalue weighted by atomic mass is 16.6. The zero-order valence-corrected chi connectivity index (χ0v) is 8.61. The van der Waals surface area contributed by atoms with Gasteiger partial charge in [0.2, 0.25) is 0 Å². The van der Waals surface area contributed by atoms with Gasteiger partial charge in [-0.15, -0.1) is 0 Å². The van der Waals surface area contributed by atoms with Gasteiger partial charge in [0.05, 0.1) is 5.56 Å². The highest BCUT2D eigenvalue weighted by Crippen LogP contribution is 2.52. The second kappa shape index (κ2) is 3.52. The molecule has 1 aliphatic heterocycles. The van der Waals surface area contributed by atoms with Gasteiger partial charge >= 0.3 is 11.9 Å². The molecule has 84 valence electrons. The third kappa shape index (κ3) is 1.50. The Kier molecular flexibility index (Phi) is 2.30. The summed E-state index contributed by atoms with van der Waals surface area (Å²) in [4.78, 5) is 21.8. The summed E-state index contributed by atoms with van der Waals surface area (Å²) in [6.45, 7) is 1.96. The number of aryl methyl sites for hydroxylation is 1. The molecule has 0 fully saturated rings. The van der Waals surface area contributed by atoms with Crippen molar-refractivity contribution in [1.29, 1.82) is 0 Å². The van der Waals surface area contributed by atoms with Gasteiger partial charge in [-0.05, 0) is 18.1 Å². The molecule has 16 heavy (non-hydrogen) atoms. The molecule has 0 aliphatic carbocycles. The minimum absolute atomic E-state index is 0.202. The van der Waals surface area contributed by atoms with Gasteiger partial charge in [-0.3, -0.25) is 0 Å². The van der Waals surface area contributed by atoms with E-state index in [1.165, 1.54) is 6.07 Å². The molecule has 0 aromatic heterocycles. The number of fused-ring (bicyclic) bond motifs is 1. The molecular formula is C11H10O5. The van der Waals surface area contributed by atoms with Crippen LogP contribution in [0.3, 0.4) is 0 Å². The summed E-state index contributed by atoms with van der Waals surface area (Å²) in [5.74, 6) is -1.78. The molecule has 1 aliphatic rings. The number of ether oxygens (including phenoxy) is 1. The van der Waals surface area contributed by atoms with Crippen LogP contribution in [0.25, 0.3) is 0 Å². The fraction of sp³-hybridized carbons (Fsp3) is 0.273. The highest BCUT2D eigenvalue weighted by Gasteiger charge is 2.36. The Balaban J connectivity index is 2.57. The standard InChI is InChI=1S/C11H10O5/c1-2-3-5-4-6(10(12)13)7(11(14)15)9-8(5)16-9/h4H,2-3H2,1H3,(H,12,13)(H,14,15). The largest absolute Gasteiger partial charge is 0.478 e. The van der Waals surface area contributed by atoms with Gasteiger partial charge in [0.1, 0.15) is 5.56 Å². The van der Waals surface area contributed by atoms with E-state index in [1.54, 1.807) is 0 Å². The lowest BCUT2D eigenvalue weighted by molar-refractivity contribution is 0.0651. The molecule has 5 nitrogen and oxygen atoms in total. The SMILES string of the molecule is CCCc1cc(C(=O)O)c(C(=O)O)c2c1O2. The number of hydrogen-bond donors (Lipinski definition) is 2. The first-order chi connectivity index (χ1) is 7.56. The molecule has 5 heteroatoms. The quantitative estimate of drug-likeness (QED) is 0.774. The molecule has 0 spiro atoms. The van der Waals surface area contributed by atoms with Gasteiger partial charge in [-0.2, -0.15) is 0 Å². The maximum Gasteiger partial charge on any atom is 0.340 e. The van der Waals surface area contributed by atoms with Crippen molar-refractivity contribution in [2.45, 2.75) is 19.8 Å². The fourth-order valence-electron chi connectivity index (χ4n) is 1.72. The Morgan fingerprint density at radius 3 is 2.44 bits per heavy atom. The molecule has 0 atom stereocenters. The average Bonchev–Trinajstić information content (AvgIpc) is 2.96. The summed E-state index contributed by atoms with van der Waals surface area (Å²) in [5, 5.41) is 17.8. The van der Waals surface area contributed by atoms with Crippen LogP contribution >= 0.6 is 0 Å². The maximum absolute atomic E-state index is 10.9. The molecule has 2 N–H and O–H groups in total. The summed E-state index contributed by atoms with van der Waals surface area (Å²) < 4.78 is 5.06. The van der Waals surface area contributed by atoms with Crippen molar-refractivity contribution < 1.29 is 24.5 Å². The van der Waals surface area contributed by atoms with Crippen LogP contribution in [0.5, 0.6) is 11.5 Å². The van der Waals surface area contributed by atoms with Crippen LogP contribution in [0.4, 0.5) is 0 Å². The van der Waals surface area contributed by atoms with Crippen LogP contribution in [0.15, 0.2) is 6.07 Å². The third-order valence-electron chi connectivity index (χ3n) is 2.44. The minimum Gasteiger partial charge on any atom is -0.478 e. The molecule has 0 bridgehead atoms. The second-order valence-corrected chi connectivity index (χ2v) is 3.58. The Bertz CT molecular complexity index is 490. The zero-order valence-electron chi connectivity index (χ0n) is 8.61. The van der Waals surface area contributed by atoms with Crippen molar-refractivity contribution >= 4 is 11.9 Å². The van der Waals surface area contributed by atoms with Gasteiger partial charge in [-0.25, -0.2) is 9.59 Å². The summed E-state index contributed by atoms with van der Waals surface area (Å²) in [6, 6.07) is 1.39. The number of carboxylic acid groups (broad SMARTS) is 2. The van der Waals surface area contributed by atoms with E-state index in [0.29, 0.717) is 12.2 Å². The molecule has 0 unspecified atom stereocenters. The van der Waals surface area contributed by atoms with E-state index in [-0.39, 0.29) is 16.9 Å². The molecule has 2 rings (SSSR count). The lowest BCUT2D eigenvalue weighted by Crippen LogP contribution is -2.07. The zero-order chi connectivity index (χ0) is 11.9. The van der Waals surface area contributed by atoms with Crippen LogP contribution in [-0.4, -0.2) is 22.2 Å². The van der Waals surface area contributed by atoms with Crippen LogP contribution < -0.4 is 4.74 Å². The van der Waals surface area contributed by atoms with Gasteiger partial charge < -0.3 is 14.9 Å². The maximum atomic E-state index is 10.9. The van der Waals surface area contributed by atoms with E-state index in [0.717, 1.165) is 12.0 Å².